The van der Waals surface area contributed by atoms with Crippen molar-refractivity contribution >= 4 is 17.7 Å². The molecule has 0 aromatic heterocycles. The van der Waals surface area contributed by atoms with E-state index in [4.69, 9.17) is 21.1 Å². The van der Waals surface area contributed by atoms with Gasteiger partial charge in [-0.25, -0.2) is 9.18 Å². The molecule has 1 aromatic carbocycles. The lowest BCUT2D eigenvalue weighted by Gasteiger charge is -2.20. The van der Waals surface area contributed by atoms with E-state index in [0.29, 0.717) is 18.7 Å². The van der Waals surface area contributed by atoms with Crippen molar-refractivity contribution in [2.45, 2.75) is 39.5 Å². The van der Waals surface area contributed by atoms with Crippen LogP contribution in [0.25, 0.3) is 0 Å². The van der Waals surface area contributed by atoms with E-state index < -0.39 is 17.5 Å². The first-order valence-corrected chi connectivity index (χ1v) is 8.11. The van der Waals surface area contributed by atoms with Gasteiger partial charge < -0.3 is 14.8 Å². The molecular formula is C17H26ClFN2O3. The number of nitrogens with one attached hydrogen (secondary N) is 1. The highest BCUT2D eigenvalue weighted by Crippen LogP contribution is 2.22. The Hall–Kier alpha value is -1.37. The van der Waals surface area contributed by atoms with Gasteiger partial charge in [-0.15, -0.1) is 0 Å². The summed E-state index contributed by atoms with van der Waals surface area (Å²) in [6.45, 7) is 7.26. The van der Waals surface area contributed by atoms with Crippen LogP contribution in [0.15, 0.2) is 12.1 Å². The first-order chi connectivity index (χ1) is 11.1. The lowest BCUT2D eigenvalue weighted by atomic mass is 10.1. The fraction of sp³-hybridized carbons (Fsp3) is 0.588. The van der Waals surface area contributed by atoms with Crippen LogP contribution in [0.2, 0.25) is 5.02 Å². The Morgan fingerprint density at radius 2 is 2.04 bits per heavy atom. The van der Waals surface area contributed by atoms with Crippen LogP contribution in [0, 0.1) is 5.82 Å². The van der Waals surface area contributed by atoms with Gasteiger partial charge in [0.05, 0.1) is 11.6 Å². The number of ether oxygens (including phenoxy) is 2. The van der Waals surface area contributed by atoms with E-state index in [1.54, 1.807) is 40.0 Å². The average Bonchev–Trinajstić information content (AvgIpc) is 2.45. The molecule has 0 fully saturated rings. The molecule has 0 radical (unpaired) electrons. The molecule has 0 saturated carbocycles. The van der Waals surface area contributed by atoms with Crippen molar-refractivity contribution in [1.29, 1.82) is 0 Å². The van der Waals surface area contributed by atoms with Gasteiger partial charge in [0.1, 0.15) is 11.4 Å². The van der Waals surface area contributed by atoms with Crippen LogP contribution >= 0.6 is 11.6 Å². The lowest BCUT2D eigenvalue weighted by molar-refractivity contribution is 0.0523. The maximum absolute atomic E-state index is 14.2. The molecule has 0 unspecified atom stereocenters. The molecular weight excluding hydrogens is 335 g/mol. The second-order valence-electron chi connectivity index (χ2n) is 6.64. The number of likely N-dealkylation sites (N-methyl/N-ethyl adjacent to an activating group) is 1. The molecule has 24 heavy (non-hydrogen) atoms. The third-order valence-corrected chi connectivity index (χ3v) is 3.39. The number of amides is 1. The van der Waals surface area contributed by atoms with Crippen LogP contribution in [0.5, 0.6) is 0 Å². The minimum absolute atomic E-state index is 0.0100. The summed E-state index contributed by atoms with van der Waals surface area (Å²) in [6.07, 6.45) is -0.597. The number of carbonyl (C=O) groups excluding carboxylic acids is 1. The normalized spacial score (nSPS) is 11.7. The van der Waals surface area contributed by atoms with Crippen molar-refractivity contribution in [3.63, 3.8) is 0 Å². The van der Waals surface area contributed by atoms with Crippen molar-refractivity contribution in [1.82, 2.24) is 10.2 Å². The molecule has 5 nitrogen and oxygen atoms in total. The Labute approximate surface area is 148 Å². The first-order valence-electron chi connectivity index (χ1n) is 7.73. The van der Waals surface area contributed by atoms with Gasteiger partial charge in [-0.2, -0.15) is 0 Å². The van der Waals surface area contributed by atoms with Gasteiger partial charge in [0, 0.05) is 32.3 Å². The SMILES string of the molecule is COCCN(C)Cc1cc(Cl)c(F)c(CNC(=O)OC(C)(C)C)c1. The minimum atomic E-state index is -0.605. The van der Waals surface area contributed by atoms with E-state index in [-0.39, 0.29) is 11.6 Å². The zero-order chi connectivity index (χ0) is 18.3. The van der Waals surface area contributed by atoms with E-state index in [1.807, 2.05) is 11.9 Å². The molecule has 136 valence electrons. The Bertz CT molecular complexity index is 562. The number of hydrogen-bond acceptors (Lipinski definition) is 4. The van der Waals surface area contributed by atoms with Crippen LogP contribution in [-0.2, 0) is 22.6 Å². The maximum Gasteiger partial charge on any atom is 0.407 e. The van der Waals surface area contributed by atoms with Gasteiger partial charge in [-0.05, 0) is 45.5 Å². The summed E-state index contributed by atoms with van der Waals surface area (Å²) < 4.78 is 24.3. The van der Waals surface area contributed by atoms with Crippen molar-refractivity contribution in [3.8, 4) is 0 Å². The first kappa shape index (κ1) is 20.7. The van der Waals surface area contributed by atoms with Crippen molar-refractivity contribution in [3.05, 3.63) is 34.1 Å². The zero-order valence-corrected chi connectivity index (χ0v) is 15.7. The number of nitrogens with zero attached hydrogens (tertiary/aromatic N) is 1. The fourth-order valence-electron chi connectivity index (χ4n) is 2.05. The summed E-state index contributed by atoms with van der Waals surface area (Å²) in [5, 5.41) is 2.58. The van der Waals surface area contributed by atoms with Crippen LogP contribution in [0.4, 0.5) is 9.18 Å². The molecule has 0 aliphatic carbocycles. The summed E-state index contributed by atoms with van der Waals surface area (Å²) in [5.41, 5.74) is 0.580. The second kappa shape index (κ2) is 9.20. The number of rotatable bonds is 7. The molecule has 0 saturated heterocycles. The summed E-state index contributed by atoms with van der Waals surface area (Å²) >= 11 is 5.97. The topological polar surface area (TPSA) is 50.8 Å². The second-order valence-corrected chi connectivity index (χ2v) is 7.04. The van der Waals surface area contributed by atoms with Crippen molar-refractivity contribution < 1.29 is 18.7 Å². The predicted octanol–water partition coefficient (Wildman–Crippen LogP) is 3.58. The van der Waals surface area contributed by atoms with Crippen LogP contribution < -0.4 is 5.32 Å². The molecule has 1 aromatic rings. The number of carbonyl (C=O) groups is 1. The number of halogens is 2. The van der Waals surface area contributed by atoms with Gasteiger partial charge in [0.2, 0.25) is 0 Å². The van der Waals surface area contributed by atoms with E-state index in [9.17, 15) is 9.18 Å². The van der Waals surface area contributed by atoms with E-state index in [2.05, 4.69) is 5.32 Å². The van der Waals surface area contributed by atoms with Crippen LogP contribution in [-0.4, -0.2) is 43.9 Å². The largest absolute Gasteiger partial charge is 0.444 e. The Morgan fingerprint density at radius 1 is 1.38 bits per heavy atom. The third kappa shape index (κ3) is 7.47. The molecule has 0 bridgehead atoms. The number of hydrogen-bond donors (Lipinski definition) is 1. The number of alkyl carbamates (subject to hydrolysis) is 1. The lowest BCUT2D eigenvalue weighted by Crippen LogP contribution is -2.32. The quantitative estimate of drug-likeness (QED) is 0.807. The van der Waals surface area contributed by atoms with Crippen molar-refractivity contribution in [2.75, 3.05) is 27.3 Å². The Kier molecular flexibility index (Phi) is 7.93. The van der Waals surface area contributed by atoms with Gasteiger partial charge in [0.15, 0.2) is 0 Å². The molecule has 0 spiro atoms. The number of methoxy groups -OCH3 is 1. The summed E-state index contributed by atoms with van der Waals surface area (Å²) in [4.78, 5) is 13.7. The van der Waals surface area contributed by atoms with Crippen LogP contribution in [0.3, 0.4) is 0 Å². The molecule has 0 aliphatic rings. The van der Waals surface area contributed by atoms with Gasteiger partial charge >= 0.3 is 6.09 Å². The van der Waals surface area contributed by atoms with E-state index >= 15 is 0 Å². The predicted molar refractivity (Wildman–Crippen MR) is 92.7 cm³/mol. The molecule has 7 heteroatoms. The molecule has 0 heterocycles. The van der Waals surface area contributed by atoms with Gasteiger partial charge in [-0.1, -0.05) is 11.6 Å². The van der Waals surface area contributed by atoms with Crippen molar-refractivity contribution in [2.24, 2.45) is 0 Å². The highest BCUT2D eigenvalue weighted by Gasteiger charge is 2.17. The summed E-state index contributed by atoms with van der Waals surface area (Å²) in [6, 6.07) is 3.29. The maximum atomic E-state index is 14.2. The van der Waals surface area contributed by atoms with E-state index in [0.717, 1.165) is 12.1 Å². The molecule has 0 aliphatic heterocycles. The van der Waals surface area contributed by atoms with Gasteiger partial charge in [0.25, 0.3) is 0 Å². The van der Waals surface area contributed by atoms with Gasteiger partial charge in [-0.3, -0.25) is 4.90 Å². The Morgan fingerprint density at radius 3 is 2.62 bits per heavy atom. The minimum Gasteiger partial charge on any atom is -0.444 e. The smallest absolute Gasteiger partial charge is 0.407 e. The molecule has 1 rings (SSSR count). The molecule has 0 atom stereocenters. The highest BCUT2D eigenvalue weighted by molar-refractivity contribution is 6.30. The Balaban J connectivity index is 2.74. The summed E-state index contributed by atoms with van der Waals surface area (Å²) in [7, 11) is 3.58. The molecule has 1 N–H and O–H groups in total. The number of benzene rings is 1. The van der Waals surface area contributed by atoms with E-state index in [1.165, 1.54) is 0 Å². The highest BCUT2D eigenvalue weighted by atomic mass is 35.5. The average molecular weight is 361 g/mol. The monoisotopic (exact) mass is 360 g/mol. The molecule has 1 amide bonds. The summed E-state index contributed by atoms with van der Waals surface area (Å²) in [5.74, 6) is -0.531. The fourth-order valence-corrected chi connectivity index (χ4v) is 2.31. The van der Waals surface area contributed by atoms with Crippen LogP contribution in [0.1, 0.15) is 31.9 Å². The standard InChI is InChI=1S/C17H26ClFN2O3/c1-17(2,3)24-16(22)20-10-13-8-12(9-14(18)15(13)19)11-21(4)6-7-23-5/h8-9H,6-7,10-11H2,1-5H3,(H,20,22). The third-order valence-electron chi connectivity index (χ3n) is 3.12. The zero-order valence-electron chi connectivity index (χ0n) is 14.9.